The molecule has 0 amide bonds. The molecule has 2 rings (SSSR count). The number of nitro benzene ring substituents is 1. The lowest BCUT2D eigenvalue weighted by molar-refractivity contribution is -0.384. The van der Waals surface area contributed by atoms with Crippen LogP contribution in [0.25, 0.3) is 0 Å². The van der Waals surface area contributed by atoms with Gasteiger partial charge < -0.3 is 4.90 Å². The van der Waals surface area contributed by atoms with Crippen molar-refractivity contribution in [1.29, 1.82) is 0 Å². The molecule has 116 valence electrons. The number of alkyl halides is 1. The maximum atomic E-state index is 11.3. The second kappa shape index (κ2) is 6.22. The SMILES string of the molecule is CN(c1ccc(CCl)cc1[N+](=O)[O-])C1CCC(C)(C)CC1. The summed E-state index contributed by atoms with van der Waals surface area (Å²) >= 11 is 5.78. The van der Waals surface area contributed by atoms with Gasteiger partial charge in [0.1, 0.15) is 5.69 Å². The van der Waals surface area contributed by atoms with Gasteiger partial charge in [0, 0.05) is 25.0 Å². The molecule has 0 bridgehead atoms. The molecule has 1 fully saturated rings. The zero-order valence-corrected chi connectivity index (χ0v) is 13.7. The van der Waals surface area contributed by atoms with E-state index in [9.17, 15) is 10.1 Å². The van der Waals surface area contributed by atoms with Crippen molar-refractivity contribution in [2.24, 2.45) is 5.41 Å². The molecular formula is C16H23ClN2O2. The van der Waals surface area contributed by atoms with Crippen LogP contribution >= 0.6 is 11.6 Å². The third kappa shape index (κ3) is 3.67. The van der Waals surface area contributed by atoms with Crippen LogP contribution in [0.2, 0.25) is 0 Å². The first-order valence-corrected chi connectivity index (χ1v) is 7.93. The average molecular weight is 311 g/mol. The van der Waals surface area contributed by atoms with Crippen molar-refractivity contribution in [2.45, 2.75) is 51.5 Å². The molecule has 1 aliphatic rings. The summed E-state index contributed by atoms with van der Waals surface area (Å²) < 4.78 is 0. The molecule has 0 radical (unpaired) electrons. The van der Waals surface area contributed by atoms with Crippen LogP contribution in [-0.2, 0) is 5.88 Å². The Morgan fingerprint density at radius 3 is 2.52 bits per heavy atom. The number of nitrogens with zero attached hydrogens (tertiary/aromatic N) is 2. The van der Waals surface area contributed by atoms with Gasteiger partial charge in [0.2, 0.25) is 0 Å². The van der Waals surface area contributed by atoms with Gasteiger partial charge in [-0.25, -0.2) is 0 Å². The molecule has 4 nitrogen and oxygen atoms in total. The van der Waals surface area contributed by atoms with Crippen LogP contribution in [0, 0.1) is 15.5 Å². The highest BCUT2D eigenvalue weighted by atomic mass is 35.5. The second-order valence-electron chi connectivity index (χ2n) is 6.72. The highest BCUT2D eigenvalue weighted by Gasteiger charge is 2.31. The van der Waals surface area contributed by atoms with Gasteiger partial charge in [-0.05, 0) is 42.7 Å². The first-order chi connectivity index (χ1) is 9.84. The van der Waals surface area contributed by atoms with Crippen molar-refractivity contribution in [3.63, 3.8) is 0 Å². The van der Waals surface area contributed by atoms with Crippen LogP contribution < -0.4 is 4.90 Å². The van der Waals surface area contributed by atoms with E-state index in [-0.39, 0.29) is 10.6 Å². The molecule has 0 atom stereocenters. The average Bonchev–Trinajstić information content (AvgIpc) is 2.45. The van der Waals surface area contributed by atoms with Gasteiger partial charge in [-0.2, -0.15) is 0 Å². The molecule has 0 saturated heterocycles. The predicted octanol–water partition coefficient (Wildman–Crippen LogP) is 4.74. The van der Waals surface area contributed by atoms with Crippen LogP contribution in [0.4, 0.5) is 11.4 Å². The van der Waals surface area contributed by atoms with Crippen molar-refractivity contribution in [2.75, 3.05) is 11.9 Å². The molecule has 0 heterocycles. The Balaban J connectivity index is 2.23. The van der Waals surface area contributed by atoms with Crippen molar-refractivity contribution in [1.82, 2.24) is 0 Å². The van der Waals surface area contributed by atoms with E-state index in [1.165, 1.54) is 0 Å². The van der Waals surface area contributed by atoms with Crippen LogP contribution in [-0.4, -0.2) is 18.0 Å². The Labute approximate surface area is 131 Å². The minimum absolute atomic E-state index is 0.153. The van der Waals surface area contributed by atoms with Gasteiger partial charge >= 0.3 is 0 Å². The number of hydrogen-bond donors (Lipinski definition) is 0. The molecule has 1 saturated carbocycles. The van der Waals surface area contributed by atoms with E-state index < -0.39 is 0 Å². The van der Waals surface area contributed by atoms with E-state index in [1.54, 1.807) is 6.07 Å². The van der Waals surface area contributed by atoms with Gasteiger partial charge in [-0.1, -0.05) is 19.9 Å². The number of halogens is 1. The highest BCUT2D eigenvalue weighted by Crippen LogP contribution is 2.39. The number of anilines is 1. The summed E-state index contributed by atoms with van der Waals surface area (Å²) in [5.41, 5.74) is 2.02. The van der Waals surface area contributed by atoms with Crippen LogP contribution in [0.15, 0.2) is 18.2 Å². The minimum Gasteiger partial charge on any atom is -0.366 e. The Hall–Kier alpha value is -1.29. The Kier molecular flexibility index (Phi) is 4.77. The fourth-order valence-electron chi connectivity index (χ4n) is 3.06. The zero-order chi connectivity index (χ0) is 15.6. The van der Waals surface area contributed by atoms with Gasteiger partial charge in [-0.3, -0.25) is 10.1 Å². The standard InChI is InChI=1S/C16H23ClN2O2/c1-16(2)8-6-13(7-9-16)18(3)14-5-4-12(11-17)10-15(14)19(20)21/h4-5,10,13H,6-9,11H2,1-3H3. The van der Waals surface area contributed by atoms with E-state index in [0.29, 0.717) is 23.0 Å². The molecule has 5 heteroatoms. The lowest BCUT2D eigenvalue weighted by atomic mass is 9.75. The Bertz CT molecular complexity index is 521. The number of nitro groups is 1. The maximum Gasteiger partial charge on any atom is 0.292 e. The smallest absolute Gasteiger partial charge is 0.292 e. The third-order valence-corrected chi connectivity index (χ3v) is 4.94. The van der Waals surface area contributed by atoms with Gasteiger partial charge in [-0.15, -0.1) is 11.6 Å². The predicted molar refractivity (Wildman–Crippen MR) is 87.1 cm³/mol. The summed E-state index contributed by atoms with van der Waals surface area (Å²) in [5, 5.41) is 11.3. The van der Waals surface area contributed by atoms with Crippen molar-refractivity contribution in [3.05, 3.63) is 33.9 Å². The summed E-state index contributed by atoms with van der Waals surface area (Å²) in [6.45, 7) is 4.59. The number of hydrogen-bond acceptors (Lipinski definition) is 3. The summed E-state index contributed by atoms with van der Waals surface area (Å²) in [5.74, 6) is 0.294. The normalized spacial score (nSPS) is 18.5. The van der Waals surface area contributed by atoms with Crippen LogP contribution in [0.5, 0.6) is 0 Å². The Morgan fingerprint density at radius 1 is 1.38 bits per heavy atom. The number of benzene rings is 1. The van der Waals surface area contributed by atoms with Gasteiger partial charge in [0.05, 0.1) is 4.92 Å². The van der Waals surface area contributed by atoms with E-state index in [0.717, 1.165) is 31.2 Å². The van der Waals surface area contributed by atoms with Crippen molar-refractivity contribution >= 4 is 23.0 Å². The summed E-state index contributed by atoms with van der Waals surface area (Å²) in [7, 11) is 1.96. The molecule has 1 aliphatic carbocycles. The third-order valence-electron chi connectivity index (χ3n) is 4.63. The molecule has 0 N–H and O–H groups in total. The zero-order valence-electron chi connectivity index (χ0n) is 12.9. The number of rotatable bonds is 4. The van der Waals surface area contributed by atoms with Crippen molar-refractivity contribution < 1.29 is 4.92 Å². The molecule has 0 unspecified atom stereocenters. The van der Waals surface area contributed by atoms with E-state index in [2.05, 4.69) is 18.7 Å². The lowest BCUT2D eigenvalue weighted by Crippen LogP contribution is -2.37. The van der Waals surface area contributed by atoms with Gasteiger partial charge in [0.25, 0.3) is 5.69 Å². The summed E-state index contributed by atoms with van der Waals surface area (Å²) in [6, 6.07) is 5.67. The second-order valence-corrected chi connectivity index (χ2v) is 6.99. The molecule has 0 aromatic heterocycles. The topological polar surface area (TPSA) is 46.4 Å². The van der Waals surface area contributed by atoms with E-state index in [4.69, 9.17) is 11.6 Å². The Morgan fingerprint density at radius 2 is 2.00 bits per heavy atom. The molecule has 1 aromatic rings. The fourth-order valence-corrected chi connectivity index (χ4v) is 3.23. The lowest BCUT2D eigenvalue weighted by Gasteiger charge is -2.39. The van der Waals surface area contributed by atoms with Crippen LogP contribution in [0.1, 0.15) is 45.1 Å². The largest absolute Gasteiger partial charge is 0.366 e. The van der Waals surface area contributed by atoms with Crippen molar-refractivity contribution in [3.8, 4) is 0 Å². The van der Waals surface area contributed by atoms with Crippen LogP contribution in [0.3, 0.4) is 0 Å². The highest BCUT2D eigenvalue weighted by molar-refractivity contribution is 6.17. The molecular weight excluding hydrogens is 288 g/mol. The van der Waals surface area contributed by atoms with Gasteiger partial charge in [0.15, 0.2) is 0 Å². The molecule has 21 heavy (non-hydrogen) atoms. The summed E-state index contributed by atoms with van der Waals surface area (Å²) in [6.07, 6.45) is 4.49. The first-order valence-electron chi connectivity index (χ1n) is 7.40. The van der Waals surface area contributed by atoms with E-state index in [1.807, 2.05) is 19.2 Å². The maximum absolute atomic E-state index is 11.3. The summed E-state index contributed by atoms with van der Waals surface area (Å²) in [4.78, 5) is 13.1. The molecule has 0 spiro atoms. The minimum atomic E-state index is -0.311. The monoisotopic (exact) mass is 310 g/mol. The molecule has 1 aromatic carbocycles. The fraction of sp³-hybridized carbons (Fsp3) is 0.625. The first kappa shape index (κ1) is 16.1. The molecule has 0 aliphatic heterocycles. The quantitative estimate of drug-likeness (QED) is 0.458. The van der Waals surface area contributed by atoms with E-state index >= 15 is 0 Å².